The molecule has 0 saturated heterocycles. The van der Waals surface area contributed by atoms with Crippen molar-refractivity contribution < 1.29 is 14.7 Å². The molecule has 1 atom stereocenters. The fourth-order valence-electron chi connectivity index (χ4n) is 2.01. The van der Waals surface area contributed by atoms with Crippen LogP contribution in [0.1, 0.15) is 47.0 Å². The van der Waals surface area contributed by atoms with Gasteiger partial charge in [0.1, 0.15) is 0 Å². The summed E-state index contributed by atoms with van der Waals surface area (Å²) >= 11 is 0. The van der Waals surface area contributed by atoms with Gasteiger partial charge in [-0.25, -0.2) is 0 Å². The summed E-state index contributed by atoms with van der Waals surface area (Å²) < 4.78 is 0. The molecule has 0 aromatic carbocycles. The molecule has 0 saturated carbocycles. The van der Waals surface area contributed by atoms with Crippen LogP contribution in [0, 0.1) is 11.8 Å². The van der Waals surface area contributed by atoms with E-state index in [1.165, 1.54) is 0 Å². The van der Waals surface area contributed by atoms with Crippen molar-refractivity contribution in [3.8, 4) is 0 Å². The Balaban J connectivity index is 4.11. The summed E-state index contributed by atoms with van der Waals surface area (Å²) in [6.07, 6.45) is 1.58. The lowest BCUT2D eigenvalue weighted by Gasteiger charge is -2.22. The number of hydrogen-bond donors (Lipinski definition) is 1. The Morgan fingerprint density at radius 3 is 2.24 bits per heavy atom. The molecule has 0 spiro atoms. The zero-order valence-electron chi connectivity index (χ0n) is 11.4. The lowest BCUT2D eigenvalue weighted by atomic mass is 9.95. The van der Waals surface area contributed by atoms with E-state index in [2.05, 4.69) is 20.8 Å². The third-order valence-electron chi connectivity index (χ3n) is 2.73. The molecular weight excluding hydrogens is 218 g/mol. The zero-order chi connectivity index (χ0) is 13.4. The monoisotopic (exact) mass is 243 g/mol. The molecule has 1 unspecified atom stereocenters. The molecule has 4 nitrogen and oxygen atoms in total. The summed E-state index contributed by atoms with van der Waals surface area (Å²) in [5.74, 6) is 0.168. The van der Waals surface area contributed by atoms with Crippen LogP contribution >= 0.6 is 0 Å². The van der Waals surface area contributed by atoms with E-state index in [9.17, 15) is 9.59 Å². The highest BCUT2D eigenvalue weighted by atomic mass is 16.4. The number of carbonyl (C=O) groups excluding carboxylic acids is 1. The summed E-state index contributed by atoms with van der Waals surface area (Å²) in [5, 5.41) is 8.60. The Hall–Kier alpha value is -1.06. The maximum absolute atomic E-state index is 11.9. The number of nitrogens with zero attached hydrogens (tertiary/aromatic N) is 1. The number of amides is 1. The van der Waals surface area contributed by atoms with E-state index in [4.69, 9.17) is 5.11 Å². The zero-order valence-corrected chi connectivity index (χ0v) is 11.4. The highest BCUT2D eigenvalue weighted by Crippen LogP contribution is 2.15. The Morgan fingerprint density at radius 1 is 1.24 bits per heavy atom. The predicted molar refractivity (Wildman–Crippen MR) is 67.7 cm³/mol. The number of hydrogen-bond acceptors (Lipinski definition) is 2. The molecule has 0 bridgehead atoms. The van der Waals surface area contributed by atoms with Crippen LogP contribution in [0.5, 0.6) is 0 Å². The van der Waals surface area contributed by atoms with E-state index in [1.807, 2.05) is 6.92 Å². The van der Waals surface area contributed by atoms with Crippen molar-refractivity contribution in [3.63, 3.8) is 0 Å². The van der Waals surface area contributed by atoms with Gasteiger partial charge < -0.3 is 10.0 Å². The SMILES string of the molecule is CCN(CCC(=O)O)C(=O)CC(C)CC(C)C. The van der Waals surface area contributed by atoms with Gasteiger partial charge >= 0.3 is 5.97 Å². The molecule has 0 radical (unpaired) electrons. The summed E-state index contributed by atoms with van der Waals surface area (Å²) in [7, 11) is 0. The minimum absolute atomic E-state index is 0.0259. The van der Waals surface area contributed by atoms with Crippen LogP contribution in [-0.4, -0.2) is 35.0 Å². The number of rotatable bonds is 8. The van der Waals surface area contributed by atoms with Gasteiger partial charge in [-0.05, 0) is 25.2 Å². The molecule has 1 N–H and O–H groups in total. The van der Waals surface area contributed by atoms with Gasteiger partial charge in [0.15, 0.2) is 0 Å². The summed E-state index contributed by atoms with van der Waals surface area (Å²) in [6, 6.07) is 0. The van der Waals surface area contributed by atoms with Gasteiger partial charge in [0, 0.05) is 19.5 Å². The highest BCUT2D eigenvalue weighted by Gasteiger charge is 2.16. The van der Waals surface area contributed by atoms with E-state index < -0.39 is 5.97 Å². The van der Waals surface area contributed by atoms with Crippen molar-refractivity contribution >= 4 is 11.9 Å². The number of aliphatic carboxylic acids is 1. The molecule has 0 aliphatic rings. The third-order valence-corrected chi connectivity index (χ3v) is 2.73. The first kappa shape index (κ1) is 15.9. The quantitative estimate of drug-likeness (QED) is 0.712. The van der Waals surface area contributed by atoms with E-state index >= 15 is 0 Å². The molecular formula is C13H25NO3. The number of carboxylic acids is 1. The molecule has 100 valence electrons. The largest absolute Gasteiger partial charge is 0.481 e. The van der Waals surface area contributed by atoms with Crippen LogP contribution in [0.15, 0.2) is 0 Å². The average Bonchev–Trinajstić information content (AvgIpc) is 2.16. The van der Waals surface area contributed by atoms with Crippen molar-refractivity contribution in [2.45, 2.75) is 47.0 Å². The van der Waals surface area contributed by atoms with Gasteiger partial charge in [0.05, 0.1) is 6.42 Å². The van der Waals surface area contributed by atoms with Crippen LogP contribution in [0.25, 0.3) is 0 Å². The molecule has 0 aromatic heterocycles. The first-order valence-electron chi connectivity index (χ1n) is 6.36. The predicted octanol–water partition coefficient (Wildman–Crippen LogP) is 2.38. The Bertz CT molecular complexity index is 251. The van der Waals surface area contributed by atoms with Crippen molar-refractivity contribution in [1.29, 1.82) is 0 Å². The van der Waals surface area contributed by atoms with Crippen molar-refractivity contribution in [2.24, 2.45) is 11.8 Å². The van der Waals surface area contributed by atoms with Crippen molar-refractivity contribution in [3.05, 3.63) is 0 Å². The maximum atomic E-state index is 11.9. The minimum Gasteiger partial charge on any atom is -0.481 e. The average molecular weight is 243 g/mol. The van der Waals surface area contributed by atoms with Crippen LogP contribution in [0.3, 0.4) is 0 Å². The molecule has 4 heteroatoms. The standard InChI is InChI=1S/C13H25NO3/c1-5-14(7-6-13(16)17)12(15)9-11(4)8-10(2)3/h10-11H,5-9H2,1-4H3,(H,16,17). The second-order valence-electron chi connectivity index (χ2n) is 5.06. The lowest BCUT2D eigenvalue weighted by Crippen LogP contribution is -2.33. The molecule has 0 fully saturated rings. The maximum Gasteiger partial charge on any atom is 0.305 e. The normalized spacial score (nSPS) is 12.5. The first-order valence-corrected chi connectivity index (χ1v) is 6.36. The molecule has 0 heterocycles. The molecule has 0 aromatic rings. The van der Waals surface area contributed by atoms with E-state index in [0.29, 0.717) is 31.3 Å². The first-order chi connectivity index (χ1) is 7.86. The fraction of sp³-hybridized carbons (Fsp3) is 0.846. The lowest BCUT2D eigenvalue weighted by molar-refractivity contribution is -0.138. The van der Waals surface area contributed by atoms with E-state index in [0.717, 1.165) is 6.42 Å². The summed E-state index contributed by atoms with van der Waals surface area (Å²) in [5.41, 5.74) is 0. The van der Waals surface area contributed by atoms with Crippen LogP contribution in [-0.2, 0) is 9.59 Å². The topological polar surface area (TPSA) is 57.6 Å². The Labute approximate surface area is 104 Å². The van der Waals surface area contributed by atoms with Gasteiger partial charge in [-0.1, -0.05) is 20.8 Å². The van der Waals surface area contributed by atoms with Crippen LogP contribution < -0.4 is 0 Å². The minimum atomic E-state index is -0.855. The van der Waals surface area contributed by atoms with Crippen molar-refractivity contribution in [1.82, 2.24) is 4.90 Å². The second kappa shape index (κ2) is 8.09. The van der Waals surface area contributed by atoms with Gasteiger partial charge in [-0.3, -0.25) is 9.59 Å². The molecule has 0 aliphatic heterocycles. The Kier molecular flexibility index (Phi) is 7.59. The highest BCUT2D eigenvalue weighted by molar-refractivity contribution is 5.77. The van der Waals surface area contributed by atoms with Crippen LogP contribution in [0.2, 0.25) is 0 Å². The summed E-state index contributed by atoms with van der Waals surface area (Å²) in [4.78, 5) is 24.0. The molecule has 17 heavy (non-hydrogen) atoms. The van der Waals surface area contributed by atoms with Gasteiger partial charge in [-0.15, -0.1) is 0 Å². The Morgan fingerprint density at radius 2 is 1.82 bits per heavy atom. The molecule has 0 rings (SSSR count). The van der Waals surface area contributed by atoms with Crippen molar-refractivity contribution in [2.75, 3.05) is 13.1 Å². The summed E-state index contributed by atoms with van der Waals surface area (Å²) in [6.45, 7) is 9.14. The number of carboxylic acid groups (broad SMARTS) is 1. The molecule has 0 aliphatic carbocycles. The molecule has 1 amide bonds. The smallest absolute Gasteiger partial charge is 0.305 e. The van der Waals surface area contributed by atoms with Gasteiger partial charge in [-0.2, -0.15) is 0 Å². The third kappa shape index (κ3) is 7.77. The number of carbonyl (C=O) groups is 2. The second-order valence-corrected chi connectivity index (χ2v) is 5.06. The van der Waals surface area contributed by atoms with Gasteiger partial charge in [0.25, 0.3) is 0 Å². The fourth-order valence-corrected chi connectivity index (χ4v) is 2.01. The van der Waals surface area contributed by atoms with E-state index in [-0.39, 0.29) is 12.3 Å². The van der Waals surface area contributed by atoms with E-state index in [1.54, 1.807) is 4.90 Å². The van der Waals surface area contributed by atoms with Crippen LogP contribution in [0.4, 0.5) is 0 Å². The van der Waals surface area contributed by atoms with Gasteiger partial charge in [0.2, 0.25) is 5.91 Å².